The summed E-state index contributed by atoms with van der Waals surface area (Å²) in [6.07, 6.45) is -3.43. The van der Waals surface area contributed by atoms with Crippen molar-refractivity contribution in [3.05, 3.63) is 63.9 Å². The summed E-state index contributed by atoms with van der Waals surface area (Å²) < 4.78 is 58.9. The highest BCUT2D eigenvalue weighted by molar-refractivity contribution is 6.30. The summed E-state index contributed by atoms with van der Waals surface area (Å²) in [5.41, 5.74) is 4.74. The molecule has 166 valence electrons. The normalized spacial score (nSPS) is 12.3. The van der Waals surface area contributed by atoms with Crippen molar-refractivity contribution in [2.75, 3.05) is 19.8 Å². The lowest BCUT2D eigenvalue weighted by Crippen LogP contribution is -2.47. The molecule has 9 heteroatoms. The van der Waals surface area contributed by atoms with Crippen molar-refractivity contribution in [2.45, 2.75) is 37.4 Å². The average Bonchev–Trinajstić information content (AvgIpc) is 2.71. The summed E-state index contributed by atoms with van der Waals surface area (Å²) >= 11 is 5.71. The van der Waals surface area contributed by atoms with E-state index in [1.165, 1.54) is 24.3 Å². The molecule has 0 bridgehead atoms. The van der Waals surface area contributed by atoms with Gasteiger partial charge in [0.2, 0.25) is 0 Å². The summed E-state index contributed by atoms with van der Waals surface area (Å²) in [6, 6.07) is 8.02. The van der Waals surface area contributed by atoms with Crippen molar-refractivity contribution in [3.63, 3.8) is 0 Å². The van der Waals surface area contributed by atoms with Crippen LogP contribution in [0.3, 0.4) is 0 Å². The number of nitrogens with two attached hydrogens (primary N) is 1. The van der Waals surface area contributed by atoms with Gasteiger partial charge >= 0.3 is 6.18 Å². The standard InChI is InChI=1S/C21H24ClF4NO3/c22-17-11-14(3-5-18(17)23)2-1-9-30-19-6-4-15(10-16(19)21(24,25)26)7-8-20(27,12-28)13-29/h3-6,10-11,28-29H,1-2,7-9,12-13,27H2. The van der Waals surface area contributed by atoms with E-state index in [4.69, 9.17) is 22.1 Å². The number of aliphatic hydroxyl groups excluding tert-OH is 2. The first-order valence-electron chi connectivity index (χ1n) is 9.35. The van der Waals surface area contributed by atoms with Gasteiger partial charge in [-0.1, -0.05) is 23.7 Å². The molecule has 2 aromatic carbocycles. The molecule has 0 unspecified atom stereocenters. The van der Waals surface area contributed by atoms with Gasteiger partial charge in [-0.2, -0.15) is 13.2 Å². The molecule has 0 atom stereocenters. The fourth-order valence-corrected chi connectivity index (χ4v) is 3.04. The number of alkyl halides is 3. The minimum atomic E-state index is -4.61. The molecule has 0 radical (unpaired) electrons. The van der Waals surface area contributed by atoms with Gasteiger partial charge in [0, 0.05) is 0 Å². The summed E-state index contributed by atoms with van der Waals surface area (Å²) in [4.78, 5) is 0. The fraction of sp³-hybridized carbons (Fsp3) is 0.429. The van der Waals surface area contributed by atoms with E-state index in [0.717, 1.165) is 11.6 Å². The Balaban J connectivity index is 2.01. The average molecular weight is 450 g/mol. The van der Waals surface area contributed by atoms with Crippen LogP contribution in [0.25, 0.3) is 0 Å². The number of hydrogen-bond acceptors (Lipinski definition) is 4. The zero-order chi connectivity index (χ0) is 22.4. The lowest BCUT2D eigenvalue weighted by molar-refractivity contribution is -0.139. The van der Waals surface area contributed by atoms with E-state index in [2.05, 4.69) is 0 Å². The molecule has 4 N–H and O–H groups in total. The Labute approximate surface area is 177 Å². The molecule has 0 spiro atoms. The number of hydrogen-bond donors (Lipinski definition) is 3. The van der Waals surface area contributed by atoms with Crippen molar-refractivity contribution in [1.82, 2.24) is 0 Å². The number of halogens is 5. The molecule has 0 aliphatic carbocycles. The minimum Gasteiger partial charge on any atom is -0.493 e. The first-order valence-corrected chi connectivity index (χ1v) is 9.73. The molecule has 0 aromatic heterocycles. The SMILES string of the molecule is NC(CO)(CO)CCc1ccc(OCCCc2ccc(F)c(Cl)c2)c(C(F)(F)F)c1. The third kappa shape index (κ3) is 6.84. The second-order valence-electron chi connectivity index (χ2n) is 7.21. The molecule has 2 aromatic rings. The predicted molar refractivity (Wildman–Crippen MR) is 106 cm³/mol. The topological polar surface area (TPSA) is 75.7 Å². The van der Waals surface area contributed by atoms with Gasteiger partial charge in [0.25, 0.3) is 0 Å². The van der Waals surface area contributed by atoms with E-state index in [0.29, 0.717) is 18.4 Å². The van der Waals surface area contributed by atoms with Gasteiger partial charge in [0.15, 0.2) is 0 Å². The van der Waals surface area contributed by atoms with Crippen LogP contribution in [0.2, 0.25) is 5.02 Å². The largest absolute Gasteiger partial charge is 0.493 e. The van der Waals surface area contributed by atoms with Crippen molar-refractivity contribution in [2.24, 2.45) is 5.73 Å². The van der Waals surface area contributed by atoms with Crippen LogP contribution >= 0.6 is 11.6 Å². The molecule has 0 amide bonds. The number of aryl methyl sites for hydroxylation is 2. The van der Waals surface area contributed by atoms with Crippen LogP contribution in [0.5, 0.6) is 5.75 Å². The Morgan fingerprint density at radius 1 is 0.967 bits per heavy atom. The highest BCUT2D eigenvalue weighted by Crippen LogP contribution is 2.37. The third-order valence-electron chi connectivity index (χ3n) is 4.74. The Bertz CT molecular complexity index is 841. The van der Waals surface area contributed by atoms with Gasteiger partial charge in [-0.15, -0.1) is 0 Å². The molecule has 0 aliphatic rings. The Morgan fingerprint density at radius 3 is 2.20 bits per heavy atom. The summed E-state index contributed by atoms with van der Waals surface area (Å²) in [6.45, 7) is -0.912. The molecular weight excluding hydrogens is 426 g/mol. The van der Waals surface area contributed by atoms with Crippen LogP contribution < -0.4 is 10.5 Å². The van der Waals surface area contributed by atoms with E-state index >= 15 is 0 Å². The van der Waals surface area contributed by atoms with Gasteiger partial charge in [0.1, 0.15) is 11.6 Å². The van der Waals surface area contributed by atoms with Crippen LogP contribution in [-0.2, 0) is 19.0 Å². The maximum atomic E-state index is 13.5. The number of rotatable bonds is 10. The molecule has 30 heavy (non-hydrogen) atoms. The Hall–Kier alpha value is -1.87. The van der Waals surface area contributed by atoms with Crippen molar-refractivity contribution < 1.29 is 32.5 Å². The Kier molecular flexibility index (Phi) is 8.49. The second-order valence-corrected chi connectivity index (χ2v) is 7.61. The van der Waals surface area contributed by atoms with E-state index in [1.54, 1.807) is 6.07 Å². The molecule has 4 nitrogen and oxygen atoms in total. The predicted octanol–water partition coefficient (Wildman–Crippen LogP) is 4.12. The van der Waals surface area contributed by atoms with Crippen LogP contribution in [0.15, 0.2) is 36.4 Å². The van der Waals surface area contributed by atoms with E-state index in [-0.39, 0.29) is 30.2 Å². The zero-order valence-electron chi connectivity index (χ0n) is 16.2. The van der Waals surface area contributed by atoms with Gasteiger partial charge in [0.05, 0.1) is 35.9 Å². The van der Waals surface area contributed by atoms with Crippen LogP contribution in [0.1, 0.15) is 29.5 Å². The van der Waals surface area contributed by atoms with E-state index in [1.807, 2.05) is 0 Å². The van der Waals surface area contributed by atoms with Crippen molar-refractivity contribution in [1.29, 1.82) is 0 Å². The molecular formula is C21H24ClF4NO3. The smallest absolute Gasteiger partial charge is 0.419 e. The first-order chi connectivity index (χ1) is 14.1. The van der Waals surface area contributed by atoms with Crippen LogP contribution in [0, 0.1) is 5.82 Å². The zero-order valence-corrected chi connectivity index (χ0v) is 16.9. The summed E-state index contributed by atoms with van der Waals surface area (Å²) in [7, 11) is 0. The van der Waals surface area contributed by atoms with Gasteiger partial charge in [-0.25, -0.2) is 4.39 Å². The minimum absolute atomic E-state index is 0.00717. The highest BCUT2D eigenvalue weighted by atomic mass is 35.5. The number of aliphatic hydroxyl groups is 2. The Morgan fingerprint density at radius 2 is 1.60 bits per heavy atom. The molecule has 0 aliphatic heterocycles. The lowest BCUT2D eigenvalue weighted by atomic mass is 9.93. The fourth-order valence-electron chi connectivity index (χ4n) is 2.83. The molecule has 0 saturated carbocycles. The number of ether oxygens (including phenoxy) is 1. The first kappa shape index (κ1) is 24.4. The number of benzene rings is 2. The highest BCUT2D eigenvalue weighted by Gasteiger charge is 2.35. The molecule has 0 heterocycles. The van der Waals surface area contributed by atoms with Gasteiger partial charge in [-0.05, 0) is 61.1 Å². The quantitative estimate of drug-likeness (QED) is 0.376. The van der Waals surface area contributed by atoms with Gasteiger partial charge < -0.3 is 20.7 Å². The molecule has 2 rings (SSSR count). The maximum absolute atomic E-state index is 13.5. The summed E-state index contributed by atoms with van der Waals surface area (Å²) in [5.74, 6) is -0.817. The van der Waals surface area contributed by atoms with Crippen molar-refractivity contribution in [3.8, 4) is 5.75 Å². The molecule has 0 fully saturated rings. The van der Waals surface area contributed by atoms with Gasteiger partial charge in [-0.3, -0.25) is 0 Å². The second kappa shape index (κ2) is 10.4. The van der Waals surface area contributed by atoms with Crippen molar-refractivity contribution >= 4 is 11.6 Å². The van der Waals surface area contributed by atoms with E-state index in [9.17, 15) is 27.8 Å². The summed E-state index contributed by atoms with van der Waals surface area (Å²) in [5, 5.41) is 18.4. The van der Waals surface area contributed by atoms with Crippen LogP contribution in [-0.4, -0.2) is 35.6 Å². The monoisotopic (exact) mass is 449 g/mol. The van der Waals surface area contributed by atoms with E-state index < -0.39 is 36.3 Å². The third-order valence-corrected chi connectivity index (χ3v) is 5.03. The molecule has 0 saturated heterocycles. The maximum Gasteiger partial charge on any atom is 0.419 e. The lowest BCUT2D eigenvalue weighted by Gasteiger charge is -2.24. The van der Waals surface area contributed by atoms with Crippen LogP contribution in [0.4, 0.5) is 17.6 Å².